The Morgan fingerprint density at radius 1 is 1.21 bits per heavy atom. The summed E-state index contributed by atoms with van der Waals surface area (Å²) >= 11 is 0. The van der Waals surface area contributed by atoms with Crippen molar-refractivity contribution in [1.29, 1.82) is 0 Å². The summed E-state index contributed by atoms with van der Waals surface area (Å²) in [5.74, 6) is 0.713. The van der Waals surface area contributed by atoms with Crippen LogP contribution in [-0.2, 0) is 14.3 Å². The van der Waals surface area contributed by atoms with Crippen LogP contribution >= 0.6 is 0 Å². The van der Waals surface area contributed by atoms with Gasteiger partial charge in [-0.15, -0.1) is 0 Å². The van der Waals surface area contributed by atoms with E-state index in [0.717, 1.165) is 31.9 Å². The molecule has 0 unspecified atom stereocenters. The van der Waals surface area contributed by atoms with E-state index in [4.69, 9.17) is 9.47 Å². The predicted octanol–water partition coefficient (Wildman–Crippen LogP) is 3.64. The minimum absolute atomic E-state index is 0.0959. The number of quaternary nitrogens is 1. The lowest BCUT2D eigenvalue weighted by Crippen LogP contribution is -2.47. The molecule has 2 aliphatic rings. The molecule has 0 heterocycles. The Bertz CT molecular complexity index is 446. The van der Waals surface area contributed by atoms with E-state index in [1.165, 1.54) is 19.3 Å². The van der Waals surface area contributed by atoms with Crippen LogP contribution in [-0.4, -0.2) is 57.0 Å². The molecule has 0 aromatic rings. The van der Waals surface area contributed by atoms with Crippen LogP contribution < -0.4 is 0 Å². The molecule has 0 aliphatic heterocycles. The van der Waals surface area contributed by atoms with E-state index in [1.807, 2.05) is 0 Å². The molecule has 2 bridgehead atoms. The summed E-state index contributed by atoms with van der Waals surface area (Å²) < 4.78 is 12.2. The Morgan fingerprint density at radius 2 is 1.92 bits per heavy atom. The fourth-order valence-corrected chi connectivity index (χ4v) is 4.63. The smallest absolute Gasteiger partial charge is 0.361 e. The average Bonchev–Trinajstić information content (AvgIpc) is 2.80. The fourth-order valence-electron chi connectivity index (χ4n) is 4.63. The highest BCUT2D eigenvalue weighted by atomic mass is 16.5. The quantitative estimate of drug-likeness (QED) is 0.365. The number of esters is 1. The summed E-state index contributed by atoms with van der Waals surface area (Å²) in [5.41, 5.74) is 0.707. The number of nitrogens with zero attached hydrogens (tertiary/aromatic N) is 1. The molecule has 2 aliphatic carbocycles. The number of ether oxygens (including phenoxy) is 2. The van der Waals surface area contributed by atoms with Gasteiger partial charge in [-0.1, -0.05) is 34.1 Å². The minimum atomic E-state index is -0.0959. The Labute approximate surface area is 148 Å². The SMILES string of the molecule is CCCCOC(=O)C[N+](C)(C)CCO[C@@H]1C[C@H]2CC[C@@]1(C)C2(C)C. The predicted molar refractivity (Wildman–Crippen MR) is 96.7 cm³/mol. The summed E-state index contributed by atoms with van der Waals surface area (Å²) in [7, 11) is 4.16. The van der Waals surface area contributed by atoms with Crippen molar-refractivity contribution in [2.75, 3.05) is 40.4 Å². The van der Waals surface area contributed by atoms with Crippen molar-refractivity contribution in [1.82, 2.24) is 0 Å². The van der Waals surface area contributed by atoms with E-state index in [0.29, 0.717) is 34.6 Å². The van der Waals surface area contributed by atoms with Crippen molar-refractivity contribution >= 4 is 5.97 Å². The first-order valence-corrected chi connectivity index (χ1v) is 9.71. The second kappa shape index (κ2) is 7.33. The molecule has 0 amide bonds. The molecular formula is C20H38NO3+. The third-order valence-corrected chi connectivity index (χ3v) is 7.05. The van der Waals surface area contributed by atoms with E-state index in [2.05, 4.69) is 41.8 Å². The van der Waals surface area contributed by atoms with Gasteiger partial charge in [0.25, 0.3) is 0 Å². The molecule has 2 rings (SSSR count). The topological polar surface area (TPSA) is 35.5 Å². The van der Waals surface area contributed by atoms with Crippen molar-refractivity contribution in [2.45, 2.75) is 65.9 Å². The maximum Gasteiger partial charge on any atom is 0.361 e. The number of unbranched alkanes of at least 4 members (excludes halogenated alkanes) is 1. The zero-order chi connectivity index (χ0) is 18.0. The Balaban J connectivity index is 1.74. The van der Waals surface area contributed by atoms with E-state index >= 15 is 0 Å². The van der Waals surface area contributed by atoms with Gasteiger partial charge in [-0.05, 0) is 42.4 Å². The lowest BCUT2D eigenvalue weighted by molar-refractivity contribution is -0.883. The van der Waals surface area contributed by atoms with Gasteiger partial charge in [-0.3, -0.25) is 0 Å². The van der Waals surface area contributed by atoms with E-state index in [9.17, 15) is 4.79 Å². The van der Waals surface area contributed by atoms with E-state index in [-0.39, 0.29) is 5.97 Å². The fraction of sp³-hybridized carbons (Fsp3) is 0.950. The summed E-state index contributed by atoms with van der Waals surface area (Å²) in [6.07, 6.45) is 6.22. The first kappa shape index (κ1) is 19.7. The van der Waals surface area contributed by atoms with E-state index < -0.39 is 0 Å². The molecule has 4 nitrogen and oxygen atoms in total. The van der Waals surface area contributed by atoms with Crippen LogP contribution in [0.1, 0.15) is 59.8 Å². The highest BCUT2D eigenvalue weighted by Crippen LogP contribution is 2.66. The highest BCUT2D eigenvalue weighted by molar-refractivity contribution is 5.70. The molecule has 0 saturated heterocycles. The average molecular weight is 341 g/mol. The van der Waals surface area contributed by atoms with Gasteiger partial charge in [-0.2, -0.15) is 0 Å². The monoisotopic (exact) mass is 340 g/mol. The maximum absolute atomic E-state index is 11.9. The first-order valence-electron chi connectivity index (χ1n) is 9.71. The van der Waals surface area contributed by atoms with Crippen molar-refractivity contribution in [3.63, 3.8) is 0 Å². The number of carbonyl (C=O) groups excluding carboxylic acids is 1. The standard InChI is InChI=1S/C20H38NO3/c1-7-8-12-24-18(22)15-21(5,6)11-13-23-17-14-16-9-10-20(17,4)19(16,2)3/h16-17H,7-15H2,1-6H3/q+1/t16-,17-,20-/m1/s1. The van der Waals surface area contributed by atoms with Crippen LogP contribution in [0.3, 0.4) is 0 Å². The van der Waals surface area contributed by atoms with Gasteiger partial charge in [0.1, 0.15) is 6.54 Å². The van der Waals surface area contributed by atoms with Crippen LogP contribution in [0.4, 0.5) is 0 Å². The third kappa shape index (κ3) is 3.96. The molecule has 24 heavy (non-hydrogen) atoms. The molecular weight excluding hydrogens is 302 g/mol. The largest absolute Gasteiger partial charge is 0.462 e. The molecule has 0 aromatic carbocycles. The lowest BCUT2D eigenvalue weighted by atomic mass is 9.70. The van der Waals surface area contributed by atoms with Crippen molar-refractivity contribution < 1.29 is 18.8 Å². The van der Waals surface area contributed by atoms with Gasteiger partial charge in [-0.25, -0.2) is 4.79 Å². The Morgan fingerprint density at radius 3 is 2.46 bits per heavy atom. The number of likely N-dealkylation sites (N-methyl/N-ethyl adjacent to an activating group) is 1. The van der Waals surface area contributed by atoms with Gasteiger partial charge in [0, 0.05) is 0 Å². The number of hydrogen-bond acceptors (Lipinski definition) is 3. The number of hydrogen-bond donors (Lipinski definition) is 0. The Kier molecular flexibility index (Phi) is 6.02. The summed E-state index contributed by atoms with van der Waals surface area (Å²) in [6, 6.07) is 0. The molecule has 4 heteroatoms. The first-order chi connectivity index (χ1) is 11.1. The second-order valence-electron chi connectivity index (χ2n) is 9.36. The normalized spacial score (nSPS) is 31.4. The van der Waals surface area contributed by atoms with Gasteiger partial charge < -0.3 is 14.0 Å². The van der Waals surface area contributed by atoms with Crippen LogP contribution in [0.2, 0.25) is 0 Å². The molecule has 140 valence electrons. The molecule has 3 atom stereocenters. The number of carbonyl (C=O) groups is 1. The van der Waals surface area contributed by atoms with Gasteiger partial charge in [0.2, 0.25) is 0 Å². The number of fused-ring (bicyclic) bond motifs is 2. The van der Waals surface area contributed by atoms with Crippen LogP contribution in [0.25, 0.3) is 0 Å². The van der Waals surface area contributed by atoms with Gasteiger partial charge in [0.05, 0.1) is 33.4 Å². The minimum Gasteiger partial charge on any atom is -0.462 e. The highest BCUT2D eigenvalue weighted by Gasteiger charge is 2.61. The van der Waals surface area contributed by atoms with Crippen molar-refractivity contribution in [3.8, 4) is 0 Å². The van der Waals surface area contributed by atoms with Crippen LogP contribution in [0, 0.1) is 16.7 Å². The lowest BCUT2D eigenvalue weighted by Gasteiger charge is -2.39. The maximum atomic E-state index is 11.9. The van der Waals surface area contributed by atoms with Crippen molar-refractivity contribution in [2.24, 2.45) is 16.7 Å². The molecule has 2 saturated carbocycles. The summed E-state index contributed by atoms with van der Waals surface area (Å²) in [4.78, 5) is 11.9. The van der Waals surface area contributed by atoms with Gasteiger partial charge in [0.15, 0.2) is 6.54 Å². The molecule has 0 radical (unpaired) electrons. The summed E-state index contributed by atoms with van der Waals surface area (Å²) in [5, 5.41) is 0. The zero-order valence-corrected chi connectivity index (χ0v) is 16.7. The third-order valence-electron chi connectivity index (χ3n) is 7.05. The zero-order valence-electron chi connectivity index (χ0n) is 16.7. The second-order valence-corrected chi connectivity index (χ2v) is 9.36. The van der Waals surface area contributed by atoms with Crippen molar-refractivity contribution in [3.05, 3.63) is 0 Å². The van der Waals surface area contributed by atoms with Crippen LogP contribution in [0.15, 0.2) is 0 Å². The molecule has 0 aromatic heterocycles. The molecule has 0 N–H and O–H groups in total. The molecule has 2 fully saturated rings. The summed E-state index contributed by atoms with van der Waals surface area (Å²) in [6.45, 7) is 11.9. The van der Waals surface area contributed by atoms with E-state index in [1.54, 1.807) is 0 Å². The van der Waals surface area contributed by atoms with Crippen LogP contribution in [0.5, 0.6) is 0 Å². The van der Waals surface area contributed by atoms with Gasteiger partial charge >= 0.3 is 5.97 Å². The molecule has 0 spiro atoms. The number of rotatable bonds is 9. The Hall–Kier alpha value is -0.610.